The maximum Gasteiger partial charge on any atom is 0.273 e. The van der Waals surface area contributed by atoms with Crippen LogP contribution in [0.4, 0.5) is 0 Å². The van der Waals surface area contributed by atoms with Gasteiger partial charge in [0.25, 0.3) is 5.91 Å². The van der Waals surface area contributed by atoms with Crippen LogP contribution in [0.3, 0.4) is 0 Å². The van der Waals surface area contributed by atoms with Gasteiger partial charge in [0.05, 0.1) is 18.3 Å². The van der Waals surface area contributed by atoms with Crippen molar-refractivity contribution >= 4 is 5.91 Å². The van der Waals surface area contributed by atoms with Gasteiger partial charge in [0.1, 0.15) is 0 Å². The zero-order chi connectivity index (χ0) is 19.2. The standard InChI is InChI=1S/C22H25N5O/c28-22(21-16-27(26-25-21)19-11-13-23-14-12-19)24-20(18-9-5-2-6-10-18)15-17-7-3-1-4-8-17/h1-10,16,19-20,23H,11-15H2,(H,24,28). The molecule has 0 bridgehead atoms. The number of carbonyl (C=O) groups is 1. The van der Waals surface area contributed by atoms with E-state index in [-0.39, 0.29) is 11.9 Å². The first-order valence-corrected chi connectivity index (χ1v) is 9.82. The van der Waals surface area contributed by atoms with Gasteiger partial charge in [-0.25, -0.2) is 4.68 Å². The Morgan fingerprint density at radius 1 is 1.07 bits per heavy atom. The minimum atomic E-state index is -0.190. The average Bonchev–Trinajstić information content (AvgIpc) is 3.26. The molecule has 0 saturated carbocycles. The van der Waals surface area contributed by atoms with Crippen molar-refractivity contribution < 1.29 is 4.79 Å². The molecule has 2 N–H and O–H groups in total. The molecule has 6 heteroatoms. The molecule has 1 aliphatic heterocycles. The van der Waals surface area contributed by atoms with E-state index in [9.17, 15) is 4.79 Å². The molecule has 1 fully saturated rings. The number of piperidine rings is 1. The van der Waals surface area contributed by atoms with Crippen LogP contribution in [0.1, 0.15) is 46.5 Å². The fourth-order valence-corrected chi connectivity index (χ4v) is 3.65. The topological polar surface area (TPSA) is 71.8 Å². The summed E-state index contributed by atoms with van der Waals surface area (Å²) < 4.78 is 1.84. The quantitative estimate of drug-likeness (QED) is 0.695. The van der Waals surface area contributed by atoms with Crippen LogP contribution in [-0.4, -0.2) is 34.0 Å². The van der Waals surface area contributed by atoms with Crippen molar-refractivity contribution in [2.24, 2.45) is 0 Å². The zero-order valence-corrected chi connectivity index (χ0v) is 15.8. The van der Waals surface area contributed by atoms with Crippen molar-refractivity contribution in [2.45, 2.75) is 31.3 Å². The highest BCUT2D eigenvalue weighted by molar-refractivity contribution is 5.92. The predicted molar refractivity (Wildman–Crippen MR) is 108 cm³/mol. The molecule has 1 aromatic heterocycles. The van der Waals surface area contributed by atoms with Crippen LogP contribution in [0.15, 0.2) is 66.9 Å². The smallest absolute Gasteiger partial charge is 0.273 e. The second-order valence-corrected chi connectivity index (χ2v) is 7.19. The summed E-state index contributed by atoms with van der Waals surface area (Å²) in [5.41, 5.74) is 2.62. The van der Waals surface area contributed by atoms with Gasteiger partial charge in [-0.05, 0) is 43.5 Å². The summed E-state index contributed by atoms with van der Waals surface area (Å²) in [4.78, 5) is 12.9. The van der Waals surface area contributed by atoms with Gasteiger partial charge in [-0.2, -0.15) is 0 Å². The third-order valence-electron chi connectivity index (χ3n) is 5.22. The van der Waals surface area contributed by atoms with E-state index < -0.39 is 0 Å². The molecular weight excluding hydrogens is 350 g/mol. The van der Waals surface area contributed by atoms with E-state index in [1.807, 2.05) is 53.2 Å². The molecule has 1 aliphatic rings. The SMILES string of the molecule is O=C(NC(Cc1ccccc1)c1ccccc1)c1cn(C2CCNCC2)nn1. The molecule has 2 heterocycles. The maximum atomic E-state index is 12.9. The lowest BCUT2D eigenvalue weighted by Gasteiger charge is -2.22. The molecule has 2 aromatic carbocycles. The van der Waals surface area contributed by atoms with Gasteiger partial charge >= 0.3 is 0 Å². The van der Waals surface area contributed by atoms with Crippen LogP contribution in [0, 0.1) is 0 Å². The van der Waals surface area contributed by atoms with E-state index in [4.69, 9.17) is 0 Å². The zero-order valence-electron chi connectivity index (χ0n) is 15.8. The average molecular weight is 375 g/mol. The first kappa shape index (κ1) is 18.4. The summed E-state index contributed by atoms with van der Waals surface area (Å²) in [6.45, 7) is 1.94. The Morgan fingerprint density at radius 2 is 1.75 bits per heavy atom. The van der Waals surface area contributed by atoms with Crippen molar-refractivity contribution in [3.8, 4) is 0 Å². The monoisotopic (exact) mass is 375 g/mol. The summed E-state index contributed by atoms with van der Waals surface area (Å²) in [6, 6.07) is 20.4. The van der Waals surface area contributed by atoms with E-state index in [1.54, 1.807) is 6.20 Å². The predicted octanol–water partition coefficient (Wildman–Crippen LogP) is 2.92. The maximum absolute atomic E-state index is 12.9. The highest BCUT2D eigenvalue weighted by atomic mass is 16.2. The van der Waals surface area contributed by atoms with Gasteiger partial charge in [-0.3, -0.25) is 4.79 Å². The lowest BCUT2D eigenvalue weighted by Crippen LogP contribution is -2.30. The van der Waals surface area contributed by atoms with E-state index in [0.29, 0.717) is 11.7 Å². The normalized spacial score (nSPS) is 15.9. The number of nitrogens with one attached hydrogen (secondary N) is 2. The van der Waals surface area contributed by atoms with Crippen molar-refractivity contribution in [1.29, 1.82) is 0 Å². The van der Waals surface area contributed by atoms with Crippen LogP contribution < -0.4 is 10.6 Å². The number of benzene rings is 2. The number of hydrogen-bond acceptors (Lipinski definition) is 4. The van der Waals surface area contributed by atoms with Gasteiger partial charge < -0.3 is 10.6 Å². The van der Waals surface area contributed by atoms with Crippen LogP contribution >= 0.6 is 0 Å². The summed E-state index contributed by atoms with van der Waals surface area (Å²) in [6.07, 6.45) is 4.51. The van der Waals surface area contributed by atoms with Gasteiger partial charge in [0.2, 0.25) is 0 Å². The summed E-state index contributed by atoms with van der Waals surface area (Å²) in [7, 11) is 0. The molecule has 1 amide bonds. The van der Waals surface area contributed by atoms with Gasteiger partial charge in [-0.15, -0.1) is 5.10 Å². The summed E-state index contributed by atoms with van der Waals surface area (Å²) >= 11 is 0. The largest absolute Gasteiger partial charge is 0.343 e. The molecule has 3 aromatic rings. The van der Waals surface area contributed by atoms with Crippen LogP contribution in [0.25, 0.3) is 0 Å². The Balaban J connectivity index is 1.50. The number of carbonyl (C=O) groups excluding carboxylic acids is 1. The van der Waals surface area contributed by atoms with Gasteiger partial charge in [0.15, 0.2) is 5.69 Å². The minimum Gasteiger partial charge on any atom is -0.343 e. The summed E-state index contributed by atoms with van der Waals surface area (Å²) in [5.74, 6) is -0.190. The Labute approximate surface area is 165 Å². The molecule has 0 spiro atoms. The molecule has 1 unspecified atom stereocenters. The number of hydrogen-bond donors (Lipinski definition) is 2. The van der Waals surface area contributed by atoms with Crippen LogP contribution in [0.5, 0.6) is 0 Å². The fourth-order valence-electron chi connectivity index (χ4n) is 3.65. The molecule has 144 valence electrons. The van der Waals surface area contributed by atoms with Crippen molar-refractivity contribution in [3.05, 3.63) is 83.7 Å². The molecule has 0 aliphatic carbocycles. The van der Waals surface area contributed by atoms with E-state index in [1.165, 1.54) is 5.56 Å². The molecule has 1 atom stereocenters. The Kier molecular flexibility index (Phi) is 5.77. The summed E-state index contributed by atoms with van der Waals surface area (Å²) in [5, 5.41) is 14.8. The van der Waals surface area contributed by atoms with Crippen molar-refractivity contribution in [3.63, 3.8) is 0 Å². The lowest BCUT2D eigenvalue weighted by atomic mass is 9.98. The third kappa shape index (κ3) is 4.46. The Hall–Kier alpha value is -2.99. The first-order valence-electron chi connectivity index (χ1n) is 9.82. The van der Waals surface area contributed by atoms with Crippen molar-refractivity contribution in [2.75, 3.05) is 13.1 Å². The molecule has 6 nitrogen and oxygen atoms in total. The number of aromatic nitrogens is 3. The third-order valence-corrected chi connectivity index (χ3v) is 5.22. The molecule has 0 radical (unpaired) electrons. The van der Waals surface area contributed by atoms with E-state index in [0.717, 1.165) is 37.9 Å². The number of rotatable bonds is 6. The fraction of sp³-hybridized carbons (Fsp3) is 0.318. The molecule has 1 saturated heterocycles. The van der Waals surface area contributed by atoms with Crippen LogP contribution in [0.2, 0.25) is 0 Å². The van der Waals surface area contributed by atoms with Gasteiger partial charge in [-0.1, -0.05) is 65.9 Å². The van der Waals surface area contributed by atoms with Crippen LogP contribution in [-0.2, 0) is 6.42 Å². The van der Waals surface area contributed by atoms with E-state index in [2.05, 4.69) is 33.1 Å². The molecular formula is C22H25N5O. The number of amides is 1. The second-order valence-electron chi connectivity index (χ2n) is 7.19. The molecule has 4 rings (SSSR count). The highest BCUT2D eigenvalue weighted by Gasteiger charge is 2.21. The second kappa shape index (κ2) is 8.80. The van der Waals surface area contributed by atoms with Crippen molar-refractivity contribution in [1.82, 2.24) is 25.6 Å². The Bertz CT molecular complexity index is 888. The van der Waals surface area contributed by atoms with E-state index >= 15 is 0 Å². The number of nitrogens with zero attached hydrogens (tertiary/aromatic N) is 3. The minimum absolute atomic E-state index is 0.125. The Morgan fingerprint density at radius 3 is 2.46 bits per heavy atom. The van der Waals surface area contributed by atoms with Gasteiger partial charge in [0, 0.05) is 0 Å². The highest BCUT2D eigenvalue weighted by Crippen LogP contribution is 2.20. The lowest BCUT2D eigenvalue weighted by molar-refractivity contribution is 0.0931. The first-order chi connectivity index (χ1) is 13.8. The molecule has 28 heavy (non-hydrogen) atoms.